The van der Waals surface area contributed by atoms with E-state index >= 15 is 0 Å². The summed E-state index contributed by atoms with van der Waals surface area (Å²) in [5, 5.41) is 6.10. The van der Waals surface area contributed by atoms with Crippen LogP contribution in [0.3, 0.4) is 0 Å². The van der Waals surface area contributed by atoms with Crippen LogP contribution in [0.2, 0.25) is 5.02 Å². The highest BCUT2D eigenvalue weighted by molar-refractivity contribution is 6.33. The summed E-state index contributed by atoms with van der Waals surface area (Å²) in [5.74, 6) is -0.669. The third-order valence-corrected chi connectivity index (χ3v) is 4.12. The fraction of sp³-hybridized carbons (Fsp3) is 0.100. The van der Waals surface area contributed by atoms with Crippen molar-refractivity contribution in [2.45, 2.75) is 13.1 Å². The van der Waals surface area contributed by atoms with Crippen LogP contribution in [0.4, 0.5) is 5.69 Å². The molecule has 6 heteroatoms. The molecule has 3 rings (SSSR count). The molecular formula is C20H17ClN2O3. The zero-order valence-corrected chi connectivity index (χ0v) is 14.8. The summed E-state index contributed by atoms with van der Waals surface area (Å²) >= 11 is 6.17. The van der Waals surface area contributed by atoms with E-state index in [1.165, 1.54) is 12.3 Å². The number of halogens is 1. The second-order valence-electron chi connectivity index (χ2n) is 5.74. The molecule has 2 aromatic carbocycles. The Hall–Kier alpha value is -3.05. The summed E-state index contributed by atoms with van der Waals surface area (Å²) in [5.41, 5.74) is 2.05. The lowest BCUT2D eigenvalue weighted by Crippen LogP contribution is -2.46. The van der Waals surface area contributed by atoms with Gasteiger partial charge in [-0.15, -0.1) is 0 Å². The average molecular weight is 369 g/mol. The molecule has 26 heavy (non-hydrogen) atoms. The van der Waals surface area contributed by atoms with Crippen molar-refractivity contribution in [1.82, 2.24) is 5.32 Å². The van der Waals surface area contributed by atoms with E-state index in [9.17, 15) is 9.59 Å². The summed E-state index contributed by atoms with van der Waals surface area (Å²) in [6.07, 6.45) is 0.392. The van der Waals surface area contributed by atoms with Crippen molar-refractivity contribution in [3.05, 3.63) is 88.8 Å². The molecule has 0 aliphatic heterocycles. The Balaban J connectivity index is 1.87. The molecule has 0 bridgehead atoms. The molecule has 0 saturated heterocycles. The molecule has 1 atom stereocenters. The van der Waals surface area contributed by atoms with Crippen LogP contribution in [0.5, 0.6) is 0 Å². The second kappa shape index (κ2) is 7.89. The van der Waals surface area contributed by atoms with Gasteiger partial charge in [-0.3, -0.25) is 9.59 Å². The molecule has 1 amide bonds. The molecule has 132 valence electrons. The first-order valence-electron chi connectivity index (χ1n) is 8.01. The zero-order valence-electron chi connectivity index (χ0n) is 14.0. The number of ketones is 1. The van der Waals surface area contributed by atoms with Gasteiger partial charge in [-0.25, -0.2) is 0 Å². The maximum absolute atomic E-state index is 12.9. The Labute approximate surface area is 156 Å². The van der Waals surface area contributed by atoms with Crippen LogP contribution < -0.4 is 10.6 Å². The molecule has 0 fully saturated rings. The van der Waals surface area contributed by atoms with Crippen LogP contribution in [0, 0.1) is 6.92 Å². The standard InChI is InChI=1S/C20H17ClN2O3/c1-13-8-10-14(11-9-13)18(24)19(22-16-6-3-2-5-15(16)21)23-20(25)17-7-4-12-26-17/h2-12,19,22H,1H3,(H,23,25)/t19-/m0/s1. The molecule has 0 spiro atoms. The molecule has 0 unspecified atom stereocenters. The fourth-order valence-electron chi connectivity index (χ4n) is 2.40. The Morgan fingerprint density at radius 3 is 2.38 bits per heavy atom. The number of carbonyl (C=O) groups excluding carboxylic acids is 2. The number of para-hydroxylation sites is 1. The number of furan rings is 1. The molecule has 1 aromatic heterocycles. The molecular weight excluding hydrogens is 352 g/mol. The number of Topliss-reactive ketones (excluding diaryl/α,β-unsaturated/α-hetero) is 1. The molecule has 1 heterocycles. The lowest BCUT2D eigenvalue weighted by molar-refractivity contribution is 0.0853. The Morgan fingerprint density at radius 1 is 1.00 bits per heavy atom. The van der Waals surface area contributed by atoms with Gasteiger partial charge >= 0.3 is 0 Å². The average Bonchev–Trinajstić information content (AvgIpc) is 3.18. The van der Waals surface area contributed by atoms with Gasteiger partial charge in [0.1, 0.15) is 0 Å². The molecule has 2 N–H and O–H groups in total. The number of hydrogen-bond donors (Lipinski definition) is 2. The van der Waals surface area contributed by atoms with Crippen molar-refractivity contribution in [2.24, 2.45) is 0 Å². The number of benzene rings is 2. The van der Waals surface area contributed by atoms with E-state index in [1.807, 2.05) is 19.1 Å². The number of rotatable bonds is 6. The minimum atomic E-state index is -1.00. The normalized spacial score (nSPS) is 11.6. The fourth-order valence-corrected chi connectivity index (χ4v) is 2.59. The van der Waals surface area contributed by atoms with Gasteiger partial charge in [0.15, 0.2) is 11.9 Å². The summed E-state index contributed by atoms with van der Waals surface area (Å²) in [4.78, 5) is 25.3. The Bertz CT molecular complexity index is 905. The maximum atomic E-state index is 12.9. The van der Waals surface area contributed by atoms with Gasteiger partial charge in [-0.2, -0.15) is 0 Å². The van der Waals surface area contributed by atoms with Crippen molar-refractivity contribution in [3.8, 4) is 0 Å². The van der Waals surface area contributed by atoms with Crippen molar-refractivity contribution in [1.29, 1.82) is 0 Å². The quantitative estimate of drug-likeness (QED) is 0.503. The SMILES string of the molecule is Cc1ccc(C(=O)[C@H](NC(=O)c2ccco2)Nc2ccccc2Cl)cc1. The minimum absolute atomic E-state index is 0.118. The smallest absolute Gasteiger partial charge is 0.288 e. The molecule has 0 aliphatic carbocycles. The Kier molecular flexibility index (Phi) is 5.39. The third kappa shape index (κ3) is 4.13. The first-order chi connectivity index (χ1) is 12.5. The predicted molar refractivity (Wildman–Crippen MR) is 101 cm³/mol. The highest BCUT2D eigenvalue weighted by atomic mass is 35.5. The van der Waals surface area contributed by atoms with Gasteiger partial charge < -0.3 is 15.1 Å². The van der Waals surface area contributed by atoms with Gasteiger partial charge in [-0.1, -0.05) is 53.6 Å². The van der Waals surface area contributed by atoms with Gasteiger partial charge in [0.25, 0.3) is 5.91 Å². The van der Waals surface area contributed by atoms with Crippen molar-refractivity contribution >= 4 is 29.0 Å². The summed E-state index contributed by atoms with van der Waals surface area (Å²) in [6.45, 7) is 1.94. The lowest BCUT2D eigenvalue weighted by Gasteiger charge is -2.20. The lowest BCUT2D eigenvalue weighted by atomic mass is 10.1. The van der Waals surface area contributed by atoms with Gasteiger partial charge in [0.05, 0.1) is 17.0 Å². The van der Waals surface area contributed by atoms with Crippen molar-refractivity contribution in [3.63, 3.8) is 0 Å². The Morgan fingerprint density at radius 2 is 1.73 bits per heavy atom. The topological polar surface area (TPSA) is 71.3 Å². The van der Waals surface area contributed by atoms with Gasteiger partial charge in [0, 0.05) is 5.56 Å². The third-order valence-electron chi connectivity index (χ3n) is 3.79. The van der Waals surface area contributed by atoms with E-state index in [1.54, 1.807) is 42.5 Å². The number of carbonyl (C=O) groups is 2. The largest absolute Gasteiger partial charge is 0.459 e. The first kappa shape index (κ1) is 17.8. The number of anilines is 1. The number of nitrogens with one attached hydrogen (secondary N) is 2. The van der Waals surface area contributed by atoms with Crippen LogP contribution in [-0.4, -0.2) is 17.9 Å². The van der Waals surface area contributed by atoms with Crippen LogP contribution in [0.25, 0.3) is 0 Å². The van der Waals surface area contributed by atoms with E-state index in [-0.39, 0.29) is 11.5 Å². The highest BCUT2D eigenvalue weighted by Crippen LogP contribution is 2.22. The van der Waals surface area contributed by atoms with Crippen LogP contribution in [-0.2, 0) is 0 Å². The first-order valence-corrected chi connectivity index (χ1v) is 8.39. The number of aryl methyl sites for hydroxylation is 1. The molecule has 0 saturated carbocycles. The van der Waals surface area contributed by atoms with E-state index in [4.69, 9.17) is 16.0 Å². The highest BCUT2D eigenvalue weighted by Gasteiger charge is 2.24. The molecule has 3 aromatic rings. The van der Waals surface area contributed by atoms with Crippen LogP contribution in [0.15, 0.2) is 71.3 Å². The predicted octanol–water partition coefficient (Wildman–Crippen LogP) is 4.29. The van der Waals surface area contributed by atoms with Crippen LogP contribution in [0.1, 0.15) is 26.5 Å². The number of amides is 1. The molecule has 0 aliphatic rings. The summed E-state index contributed by atoms with van der Waals surface area (Å²) < 4.78 is 5.09. The van der Waals surface area contributed by atoms with Crippen LogP contribution >= 0.6 is 11.6 Å². The zero-order chi connectivity index (χ0) is 18.5. The van der Waals surface area contributed by atoms with E-state index in [2.05, 4.69) is 10.6 Å². The van der Waals surface area contributed by atoms with Gasteiger partial charge in [0.2, 0.25) is 5.78 Å². The molecule has 5 nitrogen and oxygen atoms in total. The van der Waals surface area contributed by atoms with Crippen molar-refractivity contribution in [2.75, 3.05) is 5.32 Å². The maximum Gasteiger partial charge on any atom is 0.288 e. The van der Waals surface area contributed by atoms with Crippen molar-refractivity contribution < 1.29 is 14.0 Å². The number of hydrogen-bond acceptors (Lipinski definition) is 4. The molecule has 0 radical (unpaired) electrons. The van der Waals surface area contributed by atoms with E-state index in [0.29, 0.717) is 16.3 Å². The van der Waals surface area contributed by atoms with E-state index < -0.39 is 12.1 Å². The minimum Gasteiger partial charge on any atom is -0.459 e. The monoisotopic (exact) mass is 368 g/mol. The van der Waals surface area contributed by atoms with Gasteiger partial charge in [-0.05, 0) is 31.2 Å². The summed E-state index contributed by atoms with van der Waals surface area (Å²) in [7, 11) is 0. The van der Waals surface area contributed by atoms with E-state index in [0.717, 1.165) is 5.56 Å². The second-order valence-corrected chi connectivity index (χ2v) is 6.15. The summed E-state index contributed by atoms with van der Waals surface area (Å²) in [6, 6.07) is 17.3.